The minimum absolute atomic E-state index is 0.773. The molecular weight excluding hydrogens is 310 g/mol. The quantitative estimate of drug-likeness (QED) is 0.786. The molecule has 0 aliphatic carbocycles. The van der Waals surface area contributed by atoms with Gasteiger partial charge in [0.1, 0.15) is 5.69 Å². The second kappa shape index (κ2) is 5.83. The fourth-order valence-electron chi connectivity index (χ4n) is 2.95. The van der Waals surface area contributed by atoms with Gasteiger partial charge >= 0.3 is 0 Å². The minimum Gasteiger partial charge on any atom is -0.311 e. The Hall–Kier alpha value is -2.11. The lowest BCUT2D eigenvalue weighted by molar-refractivity contribution is 0.588. The van der Waals surface area contributed by atoms with E-state index in [1.54, 1.807) is 0 Å². The second-order valence-corrected chi connectivity index (χ2v) is 6.24. The van der Waals surface area contributed by atoms with E-state index in [2.05, 4.69) is 31.7 Å². The normalized spacial score (nSPS) is 14.5. The van der Waals surface area contributed by atoms with Gasteiger partial charge in [-0.1, -0.05) is 11.6 Å². The van der Waals surface area contributed by atoms with E-state index in [0.29, 0.717) is 0 Å². The largest absolute Gasteiger partial charge is 0.311 e. The van der Waals surface area contributed by atoms with Gasteiger partial charge in [0.25, 0.3) is 0 Å². The fraction of sp³-hybridized carbons (Fsp3) is 0.294. The van der Waals surface area contributed by atoms with Crippen LogP contribution in [-0.2, 0) is 13.1 Å². The van der Waals surface area contributed by atoms with Crippen LogP contribution < -0.4 is 5.32 Å². The Bertz CT molecular complexity index is 825. The third kappa shape index (κ3) is 2.66. The summed E-state index contributed by atoms with van der Waals surface area (Å²) < 4.78 is 4.14. The SMILES string of the molecule is Cc1cc(-n2ccnc2-c2cc3n(n2)CCCNC3)ccc1Cl. The summed E-state index contributed by atoms with van der Waals surface area (Å²) in [6.07, 6.45) is 4.86. The zero-order valence-corrected chi connectivity index (χ0v) is 13.7. The van der Waals surface area contributed by atoms with Crippen molar-refractivity contribution in [3.05, 3.63) is 52.9 Å². The van der Waals surface area contributed by atoms with E-state index in [-0.39, 0.29) is 0 Å². The molecule has 0 radical (unpaired) electrons. The van der Waals surface area contributed by atoms with Gasteiger partial charge in [0.15, 0.2) is 5.82 Å². The standard InChI is InChI=1S/C17H18ClN5/c1-12-9-13(3-4-15(12)18)22-8-6-20-17(22)16-10-14-11-19-5-2-7-23(14)21-16/h3-4,6,8-10,19H,2,5,7,11H2,1H3. The van der Waals surface area contributed by atoms with Crippen molar-refractivity contribution in [1.29, 1.82) is 0 Å². The Kier molecular flexibility index (Phi) is 3.67. The molecule has 6 heteroatoms. The highest BCUT2D eigenvalue weighted by atomic mass is 35.5. The van der Waals surface area contributed by atoms with Gasteiger partial charge in [0.05, 0.1) is 5.69 Å². The molecule has 23 heavy (non-hydrogen) atoms. The second-order valence-electron chi connectivity index (χ2n) is 5.83. The van der Waals surface area contributed by atoms with Crippen LogP contribution in [0, 0.1) is 6.92 Å². The number of aryl methyl sites for hydroxylation is 2. The maximum Gasteiger partial charge on any atom is 0.165 e. The maximum atomic E-state index is 6.14. The predicted octanol–water partition coefficient (Wildman–Crippen LogP) is 3.19. The first-order chi connectivity index (χ1) is 11.2. The summed E-state index contributed by atoms with van der Waals surface area (Å²) in [5.74, 6) is 0.854. The van der Waals surface area contributed by atoms with Gasteiger partial charge in [-0.15, -0.1) is 0 Å². The Morgan fingerprint density at radius 1 is 1.26 bits per heavy atom. The Labute approximate surface area is 139 Å². The summed E-state index contributed by atoms with van der Waals surface area (Å²) in [6.45, 7) is 4.85. The van der Waals surface area contributed by atoms with E-state index in [1.165, 1.54) is 5.69 Å². The zero-order chi connectivity index (χ0) is 15.8. The van der Waals surface area contributed by atoms with Gasteiger partial charge in [-0.05, 0) is 49.7 Å². The Morgan fingerprint density at radius 3 is 3.04 bits per heavy atom. The van der Waals surface area contributed by atoms with Crippen molar-refractivity contribution in [2.45, 2.75) is 26.4 Å². The van der Waals surface area contributed by atoms with Gasteiger partial charge in [0, 0.05) is 36.2 Å². The average Bonchev–Trinajstić information content (AvgIpc) is 3.12. The Morgan fingerprint density at radius 2 is 2.17 bits per heavy atom. The lowest BCUT2D eigenvalue weighted by Crippen LogP contribution is -2.11. The van der Waals surface area contributed by atoms with Crippen LogP contribution in [-0.4, -0.2) is 25.9 Å². The number of aromatic nitrogens is 4. The molecule has 0 saturated carbocycles. The van der Waals surface area contributed by atoms with Crippen LogP contribution in [0.15, 0.2) is 36.7 Å². The zero-order valence-electron chi connectivity index (χ0n) is 13.0. The summed E-state index contributed by atoms with van der Waals surface area (Å²) in [5.41, 5.74) is 4.20. The number of benzene rings is 1. The Balaban J connectivity index is 1.76. The highest BCUT2D eigenvalue weighted by Crippen LogP contribution is 2.25. The summed E-state index contributed by atoms with van der Waals surface area (Å²) in [6, 6.07) is 8.11. The third-order valence-electron chi connectivity index (χ3n) is 4.18. The lowest BCUT2D eigenvalue weighted by Gasteiger charge is -2.08. The molecule has 1 N–H and O–H groups in total. The van der Waals surface area contributed by atoms with E-state index in [4.69, 9.17) is 16.7 Å². The summed E-state index contributed by atoms with van der Waals surface area (Å²) in [4.78, 5) is 4.52. The number of nitrogens with zero attached hydrogens (tertiary/aromatic N) is 4. The molecule has 3 aromatic rings. The molecule has 0 atom stereocenters. The molecule has 0 spiro atoms. The number of nitrogens with one attached hydrogen (secondary N) is 1. The van der Waals surface area contributed by atoms with E-state index < -0.39 is 0 Å². The van der Waals surface area contributed by atoms with E-state index in [0.717, 1.165) is 53.8 Å². The molecular formula is C17H18ClN5. The smallest absolute Gasteiger partial charge is 0.165 e. The van der Waals surface area contributed by atoms with Crippen molar-refractivity contribution in [1.82, 2.24) is 24.6 Å². The molecule has 118 valence electrons. The average molecular weight is 328 g/mol. The molecule has 0 amide bonds. The molecule has 1 aromatic carbocycles. The molecule has 1 aliphatic rings. The number of fused-ring (bicyclic) bond motifs is 1. The number of hydrogen-bond donors (Lipinski definition) is 1. The van der Waals surface area contributed by atoms with Gasteiger partial charge < -0.3 is 5.32 Å². The third-order valence-corrected chi connectivity index (χ3v) is 4.61. The van der Waals surface area contributed by atoms with Crippen molar-refractivity contribution in [2.75, 3.05) is 6.54 Å². The lowest BCUT2D eigenvalue weighted by atomic mass is 10.2. The van der Waals surface area contributed by atoms with Crippen LogP contribution in [0.1, 0.15) is 17.7 Å². The molecule has 5 nitrogen and oxygen atoms in total. The molecule has 0 fully saturated rings. The van der Waals surface area contributed by atoms with Crippen LogP contribution in [0.4, 0.5) is 0 Å². The van der Waals surface area contributed by atoms with Gasteiger partial charge in [-0.25, -0.2) is 4.98 Å². The van der Waals surface area contributed by atoms with Crippen LogP contribution in [0.2, 0.25) is 5.02 Å². The van der Waals surface area contributed by atoms with Crippen molar-refractivity contribution in [3.8, 4) is 17.2 Å². The molecule has 1 aliphatic heterocycles. The molecule has 0 saturated heterocycles. The van der Waals surface area contributed by atoms with Crippen LogP contribution >= 0.6 is 11.6 Å². The van der Waals surface area contributed by atoms with Gasteiger partial charge in [-0.3, -0.25) is 9.25 Å². The molecule has 4 rings (SSSR count). The van der Waals surface area contributed by atoms with E-state index in [9.17, 15) is 0 Å². The van der Waals surface area contributed by atoms with Crippen molar-refractivity contribution < 1.29 is 0 Å². The maximum absolute atomic E-state index is 6.14. The number of hydrogen-bond acceptors (Lipinski definition) is 3. The van der Waals surface area contributed by atoms with Crippen molar-refractivity contribution in [2.24, 2.45) is 0 Å². The highest BCUT2D eigenvalue weighted by Gasteiger charge is 2.16. The highest BCUT2D eigenvalue weighted by molar-refractivity contribution is 6.31. The first kappa shape index (κ1) is 14.5. The molecule has 2 aromatic heterocycles. The summed E-state index contributed by atoms with van der Waals surface area (Å²) >= 11 is 6.14. The van der Waals surface area contributed by atoms with Crippen molar-refractivity contribution >= 4 is 11.6 Å². The number of rotatable bonds is 2. The number of imidazole rings is 1. The van der Waals surface area contributed by atoms with E-state index >= 15 is 0 Å². The van der Waals surface area contributed by atoms with Gasteiger partial charge in [0.2, 0.25) is 0 Å². The minimum atomic E-state index is 0.773. The van der Waals surface area contributed by atoms with Gasteiger partial charge in [-0.2, -0.15) is 5.10 Å². The van der Waals surface area contributed by atoms with Crippen LogP contribution in [0.25, 0.3) is 17.2 Å². The fourth-order valence-corrected chi connectivity index (χ4v) is 3.07. The predicted molar refractivity (Wildman–Crippen MR) is 90.9 cm³/mol. The molecule has 0 unspecified atom stereocenters. The monoisotopic (exact) mass is 327 g/mol. The topological polar surface area (TPSA) is 47.7 Å². The van der Waals surface area contributed by atoms with Crippen molar-refractivity contribution in [3.63, 3.8) is 0 Å². The molecule has 3 heterocycles. The molecule has 0 bridgehead atoms. The van der Waals surface area contributed by atoms with E-state index in [1.807, 2.05) is 31.5 Å². The first-order valence-electron chi connectivity index (χ1n) is 7.80. The van der Waals surface area contributed by atoms with Crippen LogP contribution in [0.3, 0.4) is 0 Å². The summed E-state index contributed by atoms with van der Waals surface area (Å²) in [5, 5.41) is 8.94. The summed E-state index contributed by atoms with van der Waals surface area (Å²) in [7, 11) is 0. The number of halogens is 1. The first-order valence-corrected chi connectivity index (χ1v) is 8.18. The van der Waals surface area contributed by atoms with Crippen LogP contribution in [0.5, 0.6) is 0 Å².